The molecule has 6 heteroatoms. The number of ether oxygens (including phenoxy) is 1. The fraction of sp³-hybridized carbons (Fsp3) is 0.0909. The molecule has 0 fully saturated rings. The summed E-state index contributed by atoms with van der Waals surface area (Å²) in [6, 6.07) is 18.1. The molecular formula is C22H19N2O4+. The van der Waals surface area contributed by atoms with Gasteiger partial charge in [0.1, 0.15) is 17.1 Å². The van der Waals surface area contributed by atoms with Gasteiger partial charge >= 0.3 is 5.97 Å². The molecule has 0 saturated heterocycles. The number of methoxy groups -OCH3 is 1. The zero-order valence-corrected chi connectivity index (χ0v) is 15.5. The lowest BCUT2D eigenvalue weighted by Gasteiger charge is -2.16. The van der Waals surface area contributed by atoms with Crippen LogP contribution < -0.4 is 20.6 Å². The maximum absolute atomic E-state index is 11.8. The topological polar surface area (TPSA) is 88.7 Å². The van der Waals surface area contributed by atoms with E-state index in [0.717, 1.165) is 21.9 Å². The summed E-state index contributed by atoms with van der Waals surface area (Å²) in [7, 11) is 3.33. The smallest absolute Gasteiger partial charge is 0.336 e. The van der Waals surface area contributed by atoms with Crippen molar-refractivity contribution in [2.75, 3.05) is 14.2 Å². The van der Waals surface area contributed by atoms with Gasteiger partial charge in [-0.25, -0.2) is 10.6 Å². The third-order valence-corrected chi connectivity index (χ3v) is 4.75. The predicted octanol–water partition coefficient (Wildman–Crippen LogP) is 3.19. The molecule has 0 unspecified atom stereocenters. The van der Waals surface area contributed by atoms with Gasteiger partial charge in [0.15, 0.2) is 7.05 Å². The molecule has 140 valence electrons. The highest BCUT2D eigenvalue weighted by Crippen LogP contribution is 2.41. The van der Waals surface area contributed by atoms with Crippen molar-refractivity contribution < 1.29 is 19.1 Å². The number of carbonyl (C=O) groups is 1. The summed E-state index contributed by atoms with van der Waals surface area (Å²) in [6.45, 7) is 0. The van der Waals surface area contributed by atoms with E-state index in [1.165, 1.54) is 4.68 Å². The molecule has 1 heterocycles. The number of benzene rings is 3. The van der Waals surface area contributed by atoms with Crippen LogP contribution in [0.5, 0.6) is 5.75 Å². The van der Waals surface area contributed by atoms with E-state index >= 15 is 0 Å². The average molecular weight is 375 g/mol. The third kappa shape index (κ3) is 2.85. The minimum Gasteiger partial charge on any atom is -0.497 e. The summed E-state index contributed by atoms with van der Waals surface area (Å²) < 4.78 is 12.9. The maximum atomic E-state index is 11.8. The molecule has 3 N–H and O–H groups in total. The Labute approximate surface area is 161 Å². The fourth-order valence-corrected chi connectivity index (χ4v) is 3.38. The Bertz CT molecular complexity index is 1250. The summed E-state index contributed by atoms with van der Waals surface area (Å²) in [5.74, 6) is 6.14. The van der Waals surface area contributed by atoms with Crippen LogP contribution in [-0.4, -0.2) is 25.2 Å². The van der Waals surface area contributed by atoms with Gasteiger partial charge in [0.05, 0.1) is 18.7 Å². The standard InChI is InChI=1S/C22H18N2O4/c1-24(23)13-7-9-17-19(11-13)28-20-12-14(27-2)8-10-18(20)21(17)15-5-3-4-6-16(15)22(25)26/h3-12H,23H2,1-2H3/p+1. The van der Waals surface area contributed by atoms with Crippen molar-refractivity contribution in [2.45, 2.75) is 0 Å². The van der Waals surface area contributed by atoms with Gasteiger partial charge in [0, 0.05) is 28.6 Å². The van der Waals surface area contributed by atoms with Crippen LogP contribution in [0.2, 0.25) is 0 Å². The minimum atomic E-state index is -0.982. The number of nitrogens with zero attached hydrogens (tertiary/aromatic N) is 1. The number of hydrogen-bond donors (Lipinski definition) is 2. The molecule has 0 spiro atoms. The summed E-state index contributed by atoms with van der Waals surface area (Å²) in [5, 5.41) is 11.3. The number of rotatable bonds is 3. The van der Waals surface area contributed by atoms with E-state index in [9.17, 15) is 9.90 Å². The van der Waals surface area contributed by atoms with E-state index < -0.39 is 5.97 Å². The molecule has 0 aromatic heterocycles. The second-order valence-corrected chi connectivity index (χ2v) is 6.48. The molecule has 1 aliphatic heterocycles. The third-order valence-electron chi connectivity index (χ3n) is 4.75. The number of nitrogens with two attached hydrogens (primary N) is 1. The van der Waals surface area contributed by atoms with Crippen LogP contribution in [0, 0.1) is 0 Å². The molecule has 28 heavy (non-hydrogen) atoms. The maximum Gasteiger partial charge on any atom is 0.336 e. The Morgan fingerprint density at radius 2 is 1.86 bits per heavy atom. The molecule has 2 aromatic rings. The second kappa shape index (κ2) is 6.74. The minimum absolute atomic E-state index is 0.229. The van der Waals surface area contributed by atoms with E-state index in [-0.39, 0.29) is 5.56 Å². The first-order valence-corrected chi connectivity index (χ1v) is 8.68. The van der Waals surface area contributed by atoms with Crippen LogP contribution >= 0.6 is 0 Å². The lowest BCUT2D eigenvalue weighted by atomic mass is 9.91. The molecule has 4 rings (SSSR count). The van der Waals surface area contributed by atoms with E-state index in [0.29, 0.717) is 22.7 Å². The molecule has 2 aromatic carbocycles. The van der Waals surface area contributed by atoms with Crippen molar-refractivity contribution in [3.8, 4) is 28.2 Å². The molecule has 2 aliphatic rings. The van der Waals surface area contributed by atoms with Crippen LogP contribution in [0.3, 0.4) is 0 Å². The van der Waals surface area contributed by atoms with Gasteiger partial charge in [-0.05, 0) is 29.8 Å². The van der Waals surface area contributed by atoms with Gasteiger partial charge in [-0.2, -0.15) is 0 Å². The Hall–Kier alpha value is -3.80. The van der Waals surface area contributed by atoms with Crippen molar-refractivity contribution in [3.63, 3.8) is 0 Å². The Balaban J connectivity index is 2.20. The number of aromatic carboxylic acids is 1. The zero-order chi connectivity index (χ0) is 19.8. The summed E-state index contributed by atoms with van der Waals surface area (Å²) in [6.07, 6.45) is 0. The fourth-order valence-electron chi connectivity index (χ4n) is 3.38. The number of hydrazine groups is 1. The Kier molecular flexibility index (Phi) is 4.24. The lowest BCUT2D eigenvalue weighted by molar-refractivity contribution is 0.0697. The van der Waals surface area contributed by atoms with Crippen LogP contribution in [-0.2, 0) is 0 Å². The highest BCUT2D eigenvalue weighted by atomic mass is 16.5. The van der Waals surface area contributed by atoms with Crippen LogP contribution in [0.4, 0.5) is 0 Å². The first-order valence-electron chi connectivity index (χ1n) is 8.68. The molecule has 6 nitrogen and oxygen atoms in total. The highest BCUT2D eigenvalue weighted by Gasteiger charge is 2.22. The zero-order valence-electron chi connectivity index (χ0n) is 15.5. The van der Waals surface area contributed by atoms with Crippen LogP contribution in [0.15, 0.2) is 65.1 Å². The quantitative estimate of drug-likeness (QED) is 0.248. The molecule has 0 bridgehead atoms. The lowest BCUT2D eigenvalue weighted by Crippen LogP contribution is -2.31. The van der Waals surface area contributed by atoms with E-state index in [1.807, 2.05) is 42.5 Å². The van der Waals surface area contributed by atoms with Crippen molar-refractivity contribution >= 4 is 16.9 Å². The average Bonchev–Trinajstić information content (AvgIpc) is 2.70. The predicted molar refractivity (Wildman–Crippen MR) is 107 cm³/mol. The van der Waals surface area contributed by atoms with E-state index in [4.69, 9.17) is 15.0 Å². The molecule has 1 aliphatic carbocycles. The van der Waals surface area contributed by atoms with Gasteiger partial charge in [0.2, 0.25) is 5.36 Å². The van der Waals surface area contributed by atoms with Crippen LogP contribution in [0.25, 0.3) is 33.4 Å². The van der Waals surface area contributed by atoms with Gasteiger partial charge < -0.3 is 14.3 Å². The van der Waals surface area contributed by atoms with E-state index in [1.54, 1.807) is 32.4 Å². The number of hydrogen-bond acceptors (Lipinski definition) is 4. The Morgan fingerprint density at radius 3 is 2.57 bits per heavy atom. The normalized spacial score (nSPS) is 12.2. The number of carboxylic acid groups (broad SMARTS) is 1. The van der Waals surface area contributed by atoms with Crippen LogP contribution in [0.1, 0.15) is 10.4 Å². The number of fused-ring (bicyclic) bond motifs is 2. The molecular weight excluding hydrogens is 356 g/mol. The second-order valence-electron chi connectivity index (χ2n) is 6.48. The van der Waals surface area contributed by atoms with Crippen molar-refractivity contribution in [2.24, 2.45) is 5.84 Å². The van der Waals surface area contributed by atoms with Gasteiger partial charge in [0.25, 0.3) is 0 Å². The van der Waals surface area contributed by atoms with Crippen molar-refractivity contribution in [1.82, 2.24) is 4.68 Å². The first kappa shape index (κ1) is 17.6. The van der Waals surface area contributed by atoms with Crippen molar-refractivity contribution in [1.29, 1.82) is 0 Å². The summed E-state index contributed by atoms with van der Waals surface area (Å²) in [4.78, 5) is 11.8. The van der Waals surface area contributed by atoms with Gasteiger partial charge in [-0.15, -0.1) is 4.68 Å². The van der Waals surface area contributed by atoms with Crippen molar-refractivity contribution in [3.05, 3.63) is 71.6 Å². The first-order chi connectivity index (χ1) is 13.5. The molecule has 0 atom stereocenters. The summed E-state index contributed by atoms with van der Waals surface area (Å²) in [5.41, 5.74) is 3.05. The molecule has 0 amide bonds. The molecule has 0 radical (unpaired) electrons. The van der Waals surface area contributed by atoms with E-state index in [2.05, 4.69) is 0 Å². The number of carboxylic acids is 1. The summed E-state index contributed by atoms with van der Waals surface area (Å²) >= 11 is 0. The SMILES string of the molecule is COc1ccc2c(-c3ccccc3C(=O)O)c3ccc(=[N+](C)N)cc-3oc2c1. The van der Waals surface area contributed by atoms with Gasteiger partial charge in [-0.1, -0.05) is 18.2 Å². The largest absolute Gasteiger partial charge is 0.497 e. The van der Waals surface area contributed by atoms with Gasteiger partial charge in [-0.3, -0.25) is 0 Å². The Morgan fingerprint density at radius 1 is 1.07 bits per heavy atom. The molecule has 0 saturated carbocycles. The monoisotopic (exact) mass is 375 g/mol. The highest BCUT2D eigenvalue weighted by molar-refractivity contribution is 6.07.